The van der Waals surface area contributed by atoms with Crippen LogP contribution < -0.4 is 5.32 Å². The van der Waals surface area contributed by atoms with Crippen molar-refractivity contribution in [3.63, 3.8) is 0 Å². The van der Waals surface area contributed by atoms with Crippen LogP contribution in [0.3, 0.4) is 0 Å². The van der Waals surface area contributed by atoms with Crippen LogP contribution in [0.15, 0.2) is 30.3 Å². The minimum atomic E-state index is -1.05. The number of hydrogen-bond donors (Lipinski definition) is 3. The van der Waals surface area contributed by atoms with Crippen LogP contribution in [0.2, 0.25) is 0 Å². The highest BCUT2D eigenvalue weighted by Gasteiger charge is 2.35. The van der Waals surface area contributed by atoms with E-state index in [1.54, 1.807) is 12.1 Å². The number of aliphatic hydroxyl groups excluding tert-OH is 1. The number of ether oxygens (including phenoxy) is 1. The van der Waals surface area contributed by atoms with Crippen LogP contribution >= 0.6 is 0 Å². The highest BCUT2D eigenvalue weighted by atomic mass is 16.5. The molecule has 0 spiro atoms. The van der Waals surface area contributed by atoms with Crippen molar-refractivity contribution in [1.29, 1.82) is 0 Å². The molecule has 0 aromatic heterocycles. The van der Waals surface area contributed by atoms with Crippen molar-refractivity contribution < 1.29 is 24.5 Å². The average Bonchev–Trinajstić information content (AvgIpc) is 2.95. The summed E-state index contributed by atoms with van der Waals surface area (Å²) < 4.78 is 5.17. The molecule has 6 heteroatoms. The van der Waals surface area contributed by atoms with Crippen LogP contribution in [-0.4, -0.2) is 40.9 Å². The standard InChI is InChI=1S/C14H17NO5/c16-8-10(9-4-2-1-3-5-9)15-13(17)11-6-7-12(20-11)14(18)19/h1-5,10-12,16H,6-8H2,(H,15,17)(H,18,19). The fraction of sp³-hybridized carbons (Fsp3) is 0.429. The predicted octanol–water partition coefficient (Wildman–Crippen LogP) is 0.468. The Bertz CT molecular complexity index is 476. The third-order valence-electron chi connectivity index (χ3n) is 3.29. The molecule has 3 unspecified atom stereocenters. The second-order valence-electron chi connectivity index (χ2n) is 4.68. The molecule has 2 rings (SSSR count). The third-order valence-corrected chi connectivity index (χ3v) is 3.29. The zero-order valence-corrected chi connectivity index (χ0v) is 10.9. The predicted molar refractivity (Wildman–Crippen MR) is 69.9 cm³/mol. The van der Waals surface area contributed by atoms with Crippen LogP contribution in [-0.2, 0) is 14.3 Å². The van der Waals surface area contributed by atoms with E-state index in [4.69, 9.17) is 9.84 Å². The number of carbonyl (C=O) groups excluding carboxylic acids is 1. The van der Waals surface area contributed by atoms with Crippen molar-refractivity contribution in [3.05, 3.63) is 35.9 Å². The first kappa shape index (κ1) is 14.5. The second-order valence-corrected chi connectivity index (χ2v) is 4.68. The van der Waals surface area contributed by atoms with E-state index in [1.807, 2.05) is 18.2 Å². The summed E-state index contributed by atoms with van der Waals surface area (Å²) in [7, 11) is 0. The summed E-state index contributed by atoms with van der Waals surface area (Å²) in [6, 6.07) is 8.56. The number of carbonyl (C=O) groups is 2. The van der Waals surface area contributed by atoms with Gasteiger partial charge in [-0.15, -0.1) is 0 Å². The number of aliphatic hydroxyl groups is 1. The van der Waals surface area contributed by atoms with Crippen LogP contribution in [0.25, 0.3) is 0 Å². The van der Waals surface area contributed by atoms with Gasteiger partial charge in [-0.3, -0.25) is 4.79 Å². The quantitative estimate of drug-likeness (QED) is 0.728. The Hall–Kier alpha value is -1.92. The molecule has 0 aliphatic carbocycles. The van der Waals surface area contributed by atoms with Gasteiger partial charge in [0.15, 0.2) is 6.10 Å². The smallest absolute Gasteiger partial charge is 0.332 e. The molecular formula is C14H17NO5. The van der Waals surface area contributed by atoms with Crippen LogP contribution in [0.4, 0.5) is 0 Å². The van der Waals surface area contributed by atoms with Gasteiger partial charge in [-0.05, 0) is 18.4 Å². The highest BCUT2D eigenvalue weighted by Crippen LogP contribution is 2.21. The van der Waals surface area contributed by atoms with Gasteiger partial charge < -0.3 is 20.3 Å². The largest absolute Gasteiger partial charge is 0.479 e. The van der Waals surface area contributed by atoms with E-state index in [0.717, 1.165) is 5.56 Å². The summed E-state index contributed by atoms with van der Waals surface area (Å²) in [5.41, 5.74) is 0.788. The van der Waals surface area contributed by atoms with Gasteiger partial charge in [0.2, 0.25) is 5.91 Å². The molecule has 1 aliphatic rings. The van der Waals surface area contributed by atoms with E-state index in [9.17, 15) is 14.7 Å². The van der Waals surface area contributed by atoms with E-state index in [2.05, 4.69) is 5.32 Å². The molecule has 1 aromatic rings. The summed E-state index contributed by atoms with van der Waals surface area (Å²) >= 11 is 0. The van der Waals surface area contributed by atoms with Crippen molar-refractivity contribution in [1.82, 2.24) is 5.32 Å². The Morgan fingerprint density at radius 3 is 2.45 bits per heavy atom. The summed E-state index contributed by atoms with van der Waals surface area (Å²) in [5.74, 6) is -1.45. The number of rotatable bonds is 5. The first-order chi connectivity index (χ1) is 9.61. The molecule has 20 heavy (non-hydrogen) atoms. The first-order valence-corrected chi connectivity index (χ1v) is 6.46. The monoisotopic (exact) mass is 279 g/mol. The molecule has 1 saturated heterocycles. The fourth-order valence-electron chi connectivity index (χ4n) is 2.20. The van der Waals surface area contributed by atoms with Crippen molar-refractivity contribution in [3.8, 4) is 0 Å². The summed E-state index contributed by atoms with van der Waals surface area (Å²) in [6.07, 6.45) is -0.998. The average molecular weight is 279 g/mol. The normalized spacial score (nSPS) is 23.2. The molecule has 108 valence electrons. The molecule has 1 aliphatic heterocycles. The SMILES string of the molecule is O=C(O)C1CCC(C(=O)NC(CO)c2ccccc2)O1. The number of carboxylic acid groups (broad SMARTS) is 1. The van der Waals surface area contributed by atoms with E-state index < -0.39 is 30.1 Å². The van der Waals surface area contributed by atoms with Gasteiger partial charge in [-0.25, -0.2) is 4.79 Å². The summed E-state index contributed by atoms with van der Waals surface area (Å²) in [5, 5.41) is 20.9. The lowest BCUT2D eigenvalue weighted by molar-refractivity contribution is -0.152. The molecule has 1 aromatic carbocycles. The van der Waals surface area contributed by atoms with Gasteiger partial charge in [-0.1, -0.05) is 30.3 Å². The van der Waals surface area contributed by atoms with Gasteiger partial charge in [0.25, 0.3) is 0 Å². The van der Waals surface area contributed by atoms with Gasteiger partial charge in [0.05, 0.1) is 12.6 Å². The number of aliphatic carboxylic acids is 1. The molecular weight excluding hydrogens is 262 g/mol. The van der Waals surface area contributed by atoms with E-state index in [1.165, 1.54) is 0 Å². The molecule has 6 nitrogen and oxygen atoms in total. The number of amides is 1. The zero-order chi connectivity index (χ0) is 14.5. The van der Waals surface area contributed by atoms with Crippen molar-refractivity contribution in [2.75, 3.05) is 6.61 Å². The topological polar surface area (TPSA) is 95.9 Å². The van der Waals surface area contributed by atoms with Gasteiger partial charge >= 0.3 is 5.97 Å². The highest BCUT2D eigenvalue weighted by molar-refractivity contribution is 5.83. The molecule has 1 amide bonds. The van der Waals surface area contributed by atoms with E-state index >= 15 is 0 Å². The maximum atomic E-state index is 12.0. The maximum Gasteiger partial charge on any atom is 0.332 e. The molecule has 3 N–H and O–H groups in total. The Morgan fingerprint density at radius 1 is 1.25 bits per heavy atom. The van der Waals surface area contributed by atoms with E-state index in [-0.39, 0.29) is 6.61 Å². The molecule has 1 heterocycles. The van der Waals surface area contributed by atoms with E-state index in [0.29, 0.717) is 12.8 Å². The zero-order valence-electron chi connectivity index (χ0n) is 10.9. The Morgan fingerprint density at radius 2 is 1.90 bits per heavy atom. The number of hydrogen-bond acceptors (Lipinski definition) is 4. The van der Waals surface area contributed by atoms with Crippen LogP contribution in [0, 0.1) is 0 Å². The van der Waals surface area contributed by atoms with Gasteiger partial charge in [0.1, 0.15) is 6.10 Å². The number of nitrogens with one attached hydrogen (secondary N) is 1. The minimum absolute atomic E-state index is 0.231. The second kappa shape index (κ2) is 6.49. The summed E-state index contributed by atoms with van der Waals surface area (Å²) in [4.78, 5) is 22.8. The van der Waals surface area contributed by atoms with Crippen molar-refractivity contribution in [2.45, 2.75) is 31.1 Å². The maximum absolute atomic E-state index is 12.0. The first-order valence-electron chi connectivity index (χ1n) is 6.46. The van der Waals surface area contributed by atoms with Crippen molar-refractivity contribution >= 4 is 11.9 Å². The van der Waals surface area contributed by atoms with Crippen LogP contribution in [0.5, 0.6) is 0 Å². The molecule has 0 radical (unpaired) electrons. The Balaban J connectivity index is 1.95. The van der Waals surface area contributed by atoms with Crippen LogP contribution in [0.1, 0.15) is 24.4 Å². The Labute approximate surface area is 116 Å². The lowest BCUT2D eigenvalue weighted by Crippen LogP contribution is -2.39. The lowest BCUT2D eigenvalue weighted by Gasteiger charge is -2.19. The van der Waals surface area contributed by atoms with Gasteiger partial charge in [0, 0.05) is 0 Å². The third kappa shape index (κ3) is 3.34. The lowest BCUT2D eigenvalue weighted by atomic mass is 10.1. The Kier molecular flexibility index (Phi) is 4.70. The minimum Gasteiger partial charge on any atom is -0.479 e. The number of carboxylic acids is 1. The summed E-state index contributed by atoms with van der Waals surface area (Å²) in [6.45, 7) is -0.231. The molecule has 0 saturated carbocycles. The molecule has 1 fully saturated rings. The molecule has 0 bridgehead atoms. The fourth-order valence-corrected chi connectivity index (χ4v) is 2.20. The van der Waals surface area contributed by atoms with Crippen molar-refractivity contribution in [2.24, 2.45) is 0 Å². The van der Waals surface area contributed by atoms with Gasteiger partial charge in [-0.2, -0.15) is 0 Å². The molecule has 3 atom stereocenters. The number of benzene rings is 1.